The summed E-state index contributed by atoms with van der Waals surface area (Å²) >= 11 is 12.2. The van der Waals surface area contributed by atoms with Crippen molar-refractivity contribution < 1.29 is 0 Å². The Hall–Kier alpha value is -1.29. The Kier molecular flexibility index (Phi) is 6.97. The summed E-state index contributed by atoms with van der Waals surface area (Å²) in [5, 5.41) is 5.28. The van der Waals surface area contributed by atoms with E-state index < -0.39 is 0 Å². The van der Waals surface area contributed by atoms with Crippen LogP contribution in [0, 0.1) is 4.64 Å². The molecule has 0 amide bonds. The highest BCUT2D eigenvalue weighted by Gasteiger charge is 2.04. The van der Waals surface area contributed by atoms with E-state index in [4.69, 9.17) is 12.2 Å². The zero-order valence-electron chi connectivity index (χ0n) is 13.2. The van der Waals surface area contributed by atoms with Crippen LogP contribution in [0.15, 0.2) is 40.6 Å². The number of rotatable bonds is 8. The van der Waals surface area contributed by atoms with E-state index in [0.29, 0.717) is 10.6 Å². The molecule has 25 heavy (non-hydrogen) atoms. The summed E-state index contributed by atoms with van der Waals surface area (Å²) in [6, 6.07) is 3.96. The van der Waals surface area contributed by atoms with Crippen molar-refractivity contribution in [3.63, 3.8) is 0 Å². The monoisotopic (exact) mass is 453 g/mol. The van der Waals surface area contributed by atoms with E-state index in [0.717, 1.165) is 45.8 Å². The number of nitrogens with one attached hydrogen (secondary N) is 2. The minimum atomic E-state index is 0.704. The molecule has 0 aliphatic heterocycles. The number of hydrogen-bond acceptors (Lipinski definition) is 7. The Labute approximate surface area is 168 Å². The lowest BCUT2D eigenvalue weighted by Gasteiger charge is -2.07. The minimum Gasteiger partial charge on any atom is -0.355 e. The van der Waals surface area contributed by atoms with E-state index >= 15 is 0 Å². The van der Waals surface area contributed by atoms with Gasteiger partial charge in [-0.2, -0.15) is 16.1 Å². The van der Waals surface area contributed by atoms with Crippen LogP contribution in [-0.4, -0.2) is 31.6 Å². The summed E-state index contributed by atoms with van der Waals surface area (Å²) in [6.45, 7) is 0.812. The number of pyridine rings is 1. The summed E-state index contributed by atoms with van der Waals surface area (Å²) in [5.41, 5.74) is 3.22. The van der Waals surface area contributed by atoms with Crippen molar-refractivity contribution in [2.75, 3.05) is 17.6 Å². The highest BCUT2D eigenvalue weighted by molar-refractivity contribution is 9.10. The Morgan fingerprint density at radius 1 is 1.36 bits per heavy atom. The van der Waals surface area contributed by atoms with Crippen LogP contribution < -0.4 is 5.32 Å². The molecule has 9 heteroatoms. The van der Waals surface area contributed by atoms with E-state index in [1.54, 1.807) is 6.20 Å². The molecule has 2 N–H and O–H groups in total. The van der Waals surface area contributed by atoms with Crippen molar-refractivity contribution in [2.45, 2.75) is 12.2 Å². The molecule has 130 valence electrons. The highest BCUT2D eigenvalue weighted by atomic mass is 79.9. The van der Waals surface area contributed by atoms with Gasteiger partial charge in [-0.15, -0.1) is 0 Å². The number of anilines is 1. The first-order valence-corrected chi connectivity index (χ1v) is 10.8. The van der Waals surface area contributed by atoms with Crippen LogP contribution in [0.2, 0.25) is 0 Å². The highest BCUT2D eigenvalue weighted by Crippen LogP contribution is 2.22. The Morgan fingerprint density at radius 2 is 2.28 bits per heavy atom. The number of aromatic nitrogens is 4. The Bertz CT molecular complexity index is 865. The van der Waals surface area contributed by atoms with Gasteiger partial charge in [0.1, 0.15) is 4.64 Å². The van der Waals surface area contributed by atoms with Gasteiger partial charge in [-0.25, -0.2) is 4.98 Å². The summed E-state index contributed by atoms with van der Waals surface area (Å²) in [6.07, 6.45) is 6.17. The first kappa shape index (κ1) is 18.5. The summed E-state index contributed by atoms with van der Waals surface area (Å²) in [4.78, 5) is 11.7. The second-order valence-corrected chi connectivity index (χ2v) is 8.21. The third-order valence-corrected chi connectivity index (χ3v) is 6.35. The molecule has 0 saturated heterocycles. The maximum absolute atomic E-state index is 5.44. The second kappa shape index (κ2) is 9.42. The van der Waals surface area contributed by atoms with E-state index in [9.17, 15) is 0 Å². The predicted molar refractivity (Wildman–Crippen MR) is 111 cm³/mol. The Balaban J connectivity index is 1.46. The van der Waals surface area contributed by atoms with Crippen molar-refractivity contribution in [2.24, 2.45) is 0 Å². The van der Waals surface area contributed by atoms with Gasteiger partial charge in [-0.05, 0) is 39.1 Å². The first-order valence-electron chi connectivity index (χ1n) is 7.60. The van der Waals surface area contributed by atoms with E-state index in [2.05, 4.69) is 40.6 Å². The van der Waals surface area contributed by atoms with E-state index in [1.807, 2.05) is 41.7 Å². The molecule has 3 aromatic rings. The molecule has 0 radical (unpaired) electrons. The molecule has 3 aromatic heterocycles. The molecule has 3 heterocycles. The van der Waals surface area contributed by atoms with Crippen molar-refractivity contribution in [1.29, 1.82) is 0 Å². The zero-order valence-corrected chi connectivity index (χ0v) is 17.3. The summed E-state index contributed by atoms with van der Waals surface area (Å²) in [5.74, 6) is 2.57. The fraction of sp³-hybridized carbons (Fsp3) is 0.250. The van der Waals surface area contributed by atoms with Crippen molar-refractivity contribution in [1.82, 2.24) is 19.3 Å². The van der Waals surface area contributed by atoms with Crippen LogP contribution >= 0.6 is 51.4 Å². The van der Waals surface area contributed by atoms with Crippen LogP contribution in [-0.2, 0) is 12.2 Å². The molecular weight excluding hydrogens is 438 g/mol. The van der Waals surface area contributed by atoms with Gasteiger partial charge < -0.3 is 10.3 Å². The third-order valence-electron chi connectivity index (χ3n) is 3.36. The molecule has 5 nitrogen and oxygen atoms in total. The maximum Gasteiger partial charge on any atom is 0.201 e. The molecule has 0 unspecified atom stereocenters. The molecule has 0 aromatic carbocycles. The number of nitrogens with zero attached hydrogens (tertiary/aromatic N) is 3. The van der Waals surface area contributed by atoms with Gasteiger partial charge >= 0.3 is 0 Å². The average Bonchev–Trinajstić information content (AvgIpc) is 3.03. The lowest BCUT2D eigenvalue weighted by Crippen LogP contribution is -2.08. The molecule has 3 rings (SSSR count). The van der Waals surface area contributed by atoms with Gasteiger partial charge in [0.25, 0.3) is 0 Å². The number of halogens is 1. The molecular formula is C16H16BrN5S3. The van der Waals surface area contributed by atoms with Gasteiger partial charge in [-0.1, -0.05) is 18.3 Å². The number of H-pyrrole nitrogens is 1. The number of thioether (sulfide) groups is 1. The molecule has 0 atom stereocenters. The van der Waals surface area contributed by atoms with Gasteiger partial charge in [0.2, 0.25) is 5.95 Å². The molecule has 0 aliphatic carbocycles. The standard InChI is InChI=1S/C16H16BrN5S3/c17-13-9-25-22-14(13)10-24-5-4-19-16-20-8-12(15(23)21-16)6-11-2-1-3-18-7-11/h1-3,7-9H,4-6,10H2,(H2,19,20,21,23). The molecule has 0 bridgehead atoms. The van der Waals surface area contributed by atoms with Crippen LogP contribution in [0.5, 0.6) is 0 Å². The number of aromatic amines is 1. The summed E-state index contributed by atoms with van der Waals surface area (Å²) in [7, 11) is 0. The van der Waals surface area contributed by atoms with Crippen LogP contribution in [0.25, 0.3) is 0 Å². The molecule has 0 fully saturated rings. The van der Waals surface area contributed by atoms with Crippen molar-refractivity contribution >= 4 is 57.4 Å². The predicted octanol–water partition coefficient (Wildman–Crippen LogP) is 4.69. The van der Waals surface area contributed by atoms with Gasteiger partial charge in [-0.3, -0.25) is 4.98 Å². The van der Waals surface area contributed by atoms with Crippen LogP contribution in [0.3, 0.4) is 0 Å². The van der Waals surface area contributed by atoms with Crippen LogP contribution in [0.4, 0.5) is 5.95 Å². The first-order chi connectivity index (χ1) is 12.2. The van der Waals surface area contributed by atoms with Gasteiger partial charge in [0.15, 0.2) is 0 Å². The fourth-order valence-corrected chi connectivity index (χ4v) is 4.57. The largest absolute Gasteiger partial charge is 0.355 e. The zero-order chi connectivity index (χ0) is 17.5. The van der Waals surface area contributed by atoms with Gasteiger partial charge in [0.05, 0.1) is 10.2 Å². The lowest BCUT2D eigenvalue weighted by atomic mass is 10.1. The molecule has 0 spiro atoms. The van der Waals surface area contributed by atoms with Gasteiger partial charge in [0, 0.05) is 54.0 Å². The minimum absolute atomic E-state index is 0.704. The molecule has 0 saturated carbocycles. The smallest absolute Gasteiger partial charge is 0.201 e. The summed E-state index contributed by atoms with van der Waals surface area (Å²) < 4.78 is 6.14. The van der Waals surface area contributed by atoms with Crippen LogP contribution in [0.1, 0.15) is 16.8 Å². The lowest BCUT2D eigenvalue weighted by molar-refractivity contribution is 1.02. The quantitative estimate of drug-likeness (QED) is 0.380. The van der Waals surface area contributed by atoms with Crippen molar-refractivity contribution in [3.8, 4) is 0 Å². The Morgan fingerprint density at radius 3 is 3.00 bits per heavy atom. The van der Waals surface area contributed by atoms with E-state index in [-0.39, 0.29) is 0 Å². The molecule has 0 aliphatic rings. The average molecular weight is 454 g/mol. The second-order valence-electron chi connectivity index (χ2n) is 5.21. The van der Waals surface area contributed by atoms with Crippen molar-refractivity contribution in [3.05, 3.63) is 62.0 Å². The normalized spacial score (nSPS) is 10.8. The van der Waals surface area contributed by atoms with E-state index in [1.165, 1.54) is 11.5 Å². The fourth-order valence-electron chi connectivity index (χ4n) is 2.11. The topological polar surface area (TPSA) is 66.5 Å². The SMILES string of the molecule is S=c1[nH]c(NCCSCc2nscc2Br)ncc1Cc1cccnc1. The maximum atomic E-state index is 5.44. The number of hydrogen-bond donors (Lipinski definition) is 2. The third kappa shape index (κ3) is 5.60.